The molecule has 1 aliphatic heterocycles. The molecule has 19 heavy (non-hydrogen) atoms. The van der Waals surface area contributed by atoms with Gasteiger partial charge in [-0.05, 0) is 31.0 Å². The van der Waals surface area contributed by atoms with Gasteiger partial charge in [-0.3, -0.25) is 4.79 Å². The van der Waals surface area contributed by atoms with Gasteiger partial charge in [0.1, 0.15) is 11.6 Å². The van der Waals surface area contributed by atoms with Crippen LogP contribution in [0.1, 0.15) is 18.9 Å². The molecule has 1 amide bonds. The third-order valence-electron chi connectivity index (χ3n) is 3.33. The van der Waals surface area contributed by atoms with Crippen LogP contribution in [0, 0.1) is 17.6 Å². The van der Waals surface area contributed by atoms with Gasteiger partial charge < -0.3 is 10.6 Å². The summed E-state index contributed by atoms with van der Waals surface area (Å²) in [6.45, 7) is 3.74. The van der Waals surface area contributed by atoms with Crippen molar-refractivity contribution in [2.75, 3.05) is 13.1 Å². The fraction of sp³-hybridized carbons (Fsp3) is 0.500. The number of nitrogens with one attached hydrogen (secondary N) is 2. The normalized spacial score (nSPS) is 23.1. The molecule has 104 valence electrons. The summed E-state index contributed by atoms with van der Waals surface area (Å²) in [4.78, 5) is 11.8. The van der Waals surface area contributed by atoms with Crippen LogP contribution in [-0.2, 0) is 11.2 Å². The predicted octanol–water partition coefficient (Wildman–Crippen LogP) is 1.62. The molecule has 3 nitrogen and oxygen atoms in total. The number of carbonyl (C=O) groups is 1. The van der Waals surface area contributed by atoms with E-state index in [1.165, 1.54) is 6.07 Å². The zero-order valence-corrected chi connectivity index (χ0v) is 10.9. The first-order chi connectivity index (χ1) is 9.06. The molecule has 0 radical (unpaired) electrons. The van der Waals surface area contributed by atoms with E-state index in [-0.39, 0.29) is 23.9 Å². The molecule has 0 bridgehead atoms. The quantitative estimate of drug-likeness (QED) is 0.874. The van der Waals surface area contributed by atoms with Crippen molar-refractivity contribution in [3.8, 4) is 0 Å². The molecule has 1 aromatic carbocycles. The molecule has 2 atom stereocenters. The molecular formula is C14H18F2N2O. The van der Waals surface area contributed by atoms with Crippen LogP contribution < -0.4 is 10.6 Å². The molecule has 5 heteroatoms. The van der Waals surface area contributed by atoms with E-state index in [4.69, 9.17) is 0 Å². The van der Waals surface area contributed by atoms with Crippen LogP contribution in [0.2, 0.25) is 0 Å². The monoisotopic (exact) mass is 268 g/mol. The van der Waals surface area contributed by atoms with E-state index in [9.17, 15) is 13.6 Å². The van der Waals surface area contributed by atoms with Crippen molar-refractivity contribution in [1.29, 1.82) is 0 Å². The van der Waals surface area contributed by atoms with E-state index in [0.717, 1.165) is 25.1 Å². The van der Waals surface area contributed by atoms with E-state index < -0.39 is 11.6 Å². The predicted molar refractivity (Wildman–Crippen MR) is 68.6 cm³/mol. The number of benzene rings is 1. The summed E-state index contributed by atoms with van der Waals surface area (Å²) in [5.41, 5.74) is -0.170. The van der Waals surface area contributed by atoms with Gasteiger partial charge in [0.25, 0.3) is 0 Å². The second-order valence-electron chi connectivity index (χ2n) is 5.14. The van der Waals surface area contributed by atoms with Crippen molar-refractivity contribution in [3.63, 3.8) is 0 Å². The first kappa shape index (κ1) is 13.9. The number of amides is 1. The Morgan fingerprint density at radius 3 is 2.68 bits per heavy atom. The summed E-state index contributed by atoms with van der Waals surface area (Å²) in [7, 11) is 0. The van der Waals surface area contributed by atoms with Crippen LogP contribution in [0.3, 0.4) is 0 Å². The summed E-state index contributed by atoms with van der Waals surface area (Å²) >= 11 is 0. The molecule has 2 N–H and O–H groups in total. The number of carbonyl (C=O) groups excluding carboxylic acids is 1. The Morgan fingerprint density at radius 1 is 1.37 bits per heavy atom. The maximum absolute atomic E-state index is 13.4. The fourth-order valence-corrected chi connectivity index (χ4v) is 2.41. The highest BCUT2D eigenvalue weighted by molar-refractivity contribution is 5.79. The standard InChI is InChI=1S/C14H18F2N2O/c1-9-5-10(8-17-7-9)18-14(19)6-11-12(15)3-2-4-13(11)16/h2-4,9-10,17H,5-8H2,1H3,(H,18,19). The van der Waals surface area contributed by atoms with Gasteiger partial charge in [-0.25, -0.2) is 8.78 Å². The smallest absolute Gasteiger partial charge is 0.224 e. The Balaban J connectivity index is 1.94. The van der Waals surface area contributed by atoms with Gasteiger partial charge in [0, 0.05) is 18.2 Å². The van der Waals surface area contributed by atoms with E-state index in [2.05, 4.69) is 17.6 Å². The molecule has 1 heterocycles. The van der Waals surface area contributed by atoms with Crippen molar-refractivity contribution >= 4 is 5.91 Å². The van der Waals surface area contributed by atoms with Crippen LogP contribution in [0.25, 0.3) is 0 Å². The van der Waals surface area contributed by atoms with Crippen LogP contribution in [0.4, 0.5) is 8.78 Å². The van der Waals surface area contributed by atoms with Crippen LogP contribution in [0.15, 0.2) is 18.2 Å². The number of piperidine rings is 1. The molecule has 1 aromatic rings. The van der Waals surface area contributed by atoms with E-state index >= 15 is 0 Å². The first-order valence-corrected chi connectivity index (χ1v) is 6.49. The Hall–Kier alpha value is -1.49. The van der Waals surface area contributed by atoms with Gasteiger partial charge in [-0.1, -0.05) is 13.0 Å². The van der Waals surface area contributed by atoms with Crippen LogP contribution >= 0.6 is 0 Å². The first-order valence-electron chi connectivity index (χ1n) is 6.49. The van der Waals surface area contributed by atoms with Gasteiger partial charge in [-0.15, -0.1) is 0 Å². The van der Waals surface area contributed by atoms with Crippen LogP contribution in [-0.4, -0.2) is 25.0 Å². The minimum Gasteiger partial charge on any atom is -0.352 e. The average Bonchev–Trinajstić information content (AvgIpc) is 2.34. The molecule has 2 unspecified atom stereocenters. The van der Waals surface area contributed by atoms with E-state index in [1.54, 1.807) is 0 Å². The van der Waals surface area contributed by atoms with Gasteiger partial charge >= 0.3 is 0 Å². The maximum atomic E-state index is 13.4. The van der Waals surface area contributed by atoms with Crippen molar-refractivity contribution in [2.45, 2.75) is 25.8 Å². The van der Waals surface area contributed by atoms with Crippen molar-refractivity contribution in [1.82, 2.24) is 10.6 Å². The highest BCUT2D eigenvalue weighted by Crippen LogP contribution is 2.13. The number of rotatable bonds is 3. The molecule has 0 aliphatic carbocycles. The zero-order chi connectivity index (χ0) is 13.8. The highest BCUT2D eigenvalue weighted by atomic mass is 19.1. The lowest BCUT2D eigenvalue weighted by atomic mass is 9.97. The molecular weight excluding hydrogens is 250 g/mol. The lowest BCUT2D eigenvalue weighted by molar-refractivity contribution is -0.121. The number of hydrogen-bond acceptors (Lipinski definition) is 2. The molecule has 1 aliphatic rings. The molecule has 0 spiro atoms. The summed E-state index contributed by atoms with van der Waals surface area (Å²) in [5.74, 6) is -1.20. The fourth-order valence-electron chi connectivity index (χ4n) is 2.41. The minimum absolute atomic E-state index is 0.0334. The number of halogens is 2. The number of hydrogen-bond donors (Lipinski definition) is 2. The topological polar surface area (TPSA) is 41.1 Å². The largest absolute Gasteiger partial charge is 0.352 e. The van der Waals surface area contributed by atoms with Gasteiger partial charge in [-0.2, -0.15) is 0 Å². The van der Waals surface area contributed by atoms with Crippen molar-refractivity contribution in [2.24, 2.45) is 5.92 Å². The third-order valence-corrected chi connectivity index (χ3v) is 3.33. The summed E-state index contributed by atoms with van der Waals surface area (Å²) in [6.07, 6.45) is 0.627. The van der Waals surface area contributed by atoms with E-state index in [1.807, 2.05) is 0 Å². The minimum atomic E-state index is -0.676. The summed E-state index contributed by atoms with van der Waals surface area (Å²) in [5, 5.41) is 6.03. The highest BCUT2D eigenvalue weighted by Gasteiger charge is 2.21. The molecule has 1 saturated heterocycles. The van der Waals surface area contributed by atoms with Gasteiger partial charge in [0.15, 0.2) is 0 Å². The van der Waals surface area contributed by atoms with Crippen molar-refractivity contribution < 1.29 is 13.6 Å². The van der Waals surface area contributed by atoms with E-state index in [0.29, 0.717) is 12.5 Å². The van der Waals surface area contributed by atoms with Crippen LogP contribution in [0.5, 0.6) is 0 Å². The SMILES string of the molecule is CC1CNCC(NC(=O)Cc2c(F)cccc2F)C1. The average molecular weight is 268 g/mol. The maximum Gasteiger partial charge on any atom is 0.224 e. The lowest BCUT2D eigenvalue weighted by Gasteiger charge is -2.28. The summed E-state index contributed by atoms with van der Waals surface area (Å²) < 4.78 is 26.8. The second-order valence-corrected chi connectivity index (χ2v) is 5.14. The second kappa shape index (κ2) is 6.10. The Morgan fingerprint density at radius 2 is 2.05 bits per heavy atom. The molecule has 0 saturated carbocycles. The Labute approximate surface area is 111 Å². The summed E-state index contributed by atoms with van der Waals surface area (Å²) in [6, 6.07) is 3.65. The van der Waals surface area contributed by atoms with Gasteiger partial charge in [0.2, 0.25) is 5.91 Å². The zero-order valence-electron chi connectivity index (χ0n) is 10.9. The lowest BCUT2D eigenvalue weighted by Crippen LogP contribution is -2.48. The Kier molecular flexibility index (Phi) is 4.47. The van der Waals surface area contributed by atoms with Gasteiger partial charge in [0.05, 0.1) is 6.42 Å². The molecule has 1 fully saturated rings. The third kappa shape index (κ3) is 3.73. The molecule has 0 aromatic heterocycles. The van der Waals surface area contributed by atoms with Crippen molar-refractivity contribution in [3.05, 3.63) is 35.4 Å². The molecule has 2 rings (SSSR count). The Bertz CT molecular complexity index is 445.